The smallest absolute Gasteiger partial charge is 0.383 e. The Labute approximate surface area is 226 Å². The number of aryl methyl sites for hydroxylation is 2. The monoisotopic (exact) mass is 533 g/mol. The maximum atomic E-state index is 14.0. The molecule has 2 bridgehead atoms. The zero-order chi connectivity index (χ0) is 27.9. The summed E-state index contributed by atoms with van der Waals surface area (Å²) in [4.78, 5) is 21.5. The first-order valence-electron chi connectivity index (χ1n) is 12.8. The van der Waals surface area contributed by atoms with Crippen LogP contribution >= 0.6 is 0 Å². The van der Waals surface area contributed by atoms with Crippen LogP contribution in [-0.2, 0) is 12.7 Å². The van der Waals surface area contributed by atoms with E-state index in [1.165, 1.54) is 12.1 Å². The van der Waals surface area contributed by atoms with Gasteiger partial charge < -0.3 is 16.0 Å². The molecule has 0 aliphatic carbocycles. The topological polar surface area (TPSA) is 74.5 Å². The Bertz CT molecular complexity index is 1490. The number of carbonyl (C=O) groups excluding carboxylic acids is 1. The summed E-state index contributed by atoms with van der Waals surface area (Å²) in [5.41, 5.74) is 8.65. The number of nitrogens with two attached hydrogens (primary N) is 1. The molecule has 6 nitrogen and oxygen atoms in total. The number of nitrogen functional groups attached to an aromatic ring is 1. The molecule has 0 saturated carbocycles. The minimum absolute atomic E-state index is 0.0929. The van der Waals surface area contributed by atoms with Crippen molar-refractivity contribution in [3.05, 3.63) is 87.6 Å². The Kier molecular flexibility index (Phi) is 7.10. The summed E-state index contributed by atoms with van der Waals surface area (Å²) in [7, 11) is 2.06. The second-order valence-corrected chi connectivity index (χ2v) is 10.4. The molecule has 39 heavy (non-hydrogen) atoms. The number of anilines is 2. The number of aromatic nitrogens is 1. The lowest BCUT2D eigenvalue weighted by Gasteiger charge is -2.32. The highest BCUT2D eigenvalue weighted by Gasteiger charge is 2.42. The highest BCUT2D eigenvalue weighted by atomic mass is 19.4. The summed E-state index contributed by atoms with van der Waals surface area (Å²) in [5, 5.41) is 2.63. The predicted octanol–water partition coefficient (Wildman–Crippen LogP) is 4.84. The van der Waals surface area contributed by atoms with Gasteiger partial charge in [0.25, 0.3) is 5.91 Å². The number of benzene rings is 2. The molecule has 3 aromatic rings. The predicted molar refractivity (Wildman–Crippen MR) is 145 cm³/mol. The summed E-state index contributed by atoms with van der Waals surface area (Å²) in [6, 6.07) is 11.6. The molecular weight excluding hydrogens is 503 g/mol. The van der Waals surface area contributed by atoms with Crippen molar-refractivity contribution >= 4 is 17.4 Å². The minimum atomic E-state index is -4.53. The van der Waals surface area contributed by atoms with E-state index in [1.807, 2.05) is 19.9 Å². The third-order valence-corrected chi connectivity index (χ3v) is 7.63. The van der Waals surface area contributed by atoms with Crippen molar-refractivity contribution in [2.45, 2.75) is 45.1 Å². The van der Waals surface area contributed by atoms with Crippen LogP contribution in [0.25, 0.3) is 0 Å². The maximum absolute atomic E-state index is 14.0. The molecule has 2 aromatic carbocycles. The van der Waals surface area contributed by atoms with Gasteiger partial charge in [-0.15, -0.1) is 0 Å². The number of amides is 1. The molecule has 1 amide bonds. The van der Waals surface area contributed by atoms with Crippen molar-refractivity contribution in [1.29, 1.82) is 0 Å². The number of piperazine rings is 1. The molecule has 1 aromatic heterocycles. The summed E-state index contributed by atoms with van der Waals surface area (Å²) < 4.78 is 42.0. The molecule has 2 aliphatic rings. The van der Waals surface area contributed by atoms with Crippen LogP contribution in [0.2, 0.25) is 0 Å². The molecule has 5 rings (SSSR count). The lowest BCUT2D eigenvalue weighted by molar-refractivity contribution is -0.138. The Morgan fingerprint density at radius 2 is 1.87 bits per heavy atom. The van der Waals surface area contributed by atoms with Gasteiger partial charge in [0.15, 0.2) is 0 Å². The van der Waals surface area contributed by atoms with E-state index < -0.39 is 17.6 Å². The number of fused-ring (bicyclic) bond motifs is 2. The fraction of sp³-hybridized carbons (Fsp3) is 0.333. The van der Waals surface area contributed by atoms with Crippen LogP contribution in [0.4, 0.5) is 24.7 Å². The van der Waals surface area contributed by atoms with Gasteiger partial charge in [-0.3, -0.25) is 9.69 Å². The third-order valence-electron chi connectivity index (χ3n) is 7.63. The van der Waals surface area contributed by atoms with Crippen LogP contribution in [0.1, 0.15) is 50.2 Å². The van der Waals surface area contributed by atoms with Crippen LogP contribution in [0.3, 0.4) is 0 Å². The number of pyridine rings is 1. The number of hydrogen-bond acceptors (Lipinski definition) is 5. The number of likely N-dealkylation sites (tertiary alicyclic amines) is 2. The molecular formula is C30H30F3N5O. The molecule has 3 heterocycles. The molecule has 0 spiro atoms. The molecule has 0 radical (unpaired) electrons. The van der Waals surface area contributed by atoms with Gasteiger partial charge >= 0.3 is 6.18 Å². The average molecular weight is 534 g/mol. The molecule has 202 valence electrons. The Hall–Kier alpha value is -3.87. The van der Waals surface area contributed by atoms with Crippen LogP contribution < -0.4 is 11.1 Å². The van der Waals surface area contributed by atoms with Gasteiger partial charge in [0, 0.05) is 60.3 Å². The molecule has 3 N–H and O–H groups in total. The van der Waals surface area contributed by atoms with E-state index in [0.717, 1.165) is 36.7 Å². The second-order valence-electron chi connectivity index (χ2n) is 10.4. The number of carbonyl (C=O) groups is 1. The van der Waals surface area contributed by atoms with Crippen LogP contribution in [0, 0.1) is 25.7 Å². The average Bonchev–Trinajstić information content (AvgIpc) is 3.44. The van der Waals surface area contributed by atoms with E-state index in [-0.39, 0.29) is 23.8 Å². The number of nitrogens with one attached hydrogen (secondary N) is 1. The van der Waals surface area contributed by atoms with Crippen LogP contribution in [0.15, 0.2) is 48.7 Å². The van der Waals surface area contributed by atoms with Gasteiger partial charge in [0.05, 0.1) is 5.56 Å². The molecule has 2 atom stereocenters. The van der Waals surface area contributed by atoms with E-state index in [1.54, 1.807) is 24.4 Å². The fourth-order valence-electron chi connectivity index (χ4n) is 5.31. The van der Waals surface area contributed by atoms with Gasteiger partial charge in [-0.1, -0.05) is 24.0 Å². The SMILES string of the molecule is Cc1ccc(C(=O)Nc2ccc(CN3C[C@@H]4CC3CN4C)c(C(F)(F)F)c2)cc1C#Cc1cnc(N)c(C)c1. The van der Waals surface area contributed by atoms with Gasteiger partial charge in [-0.05, 0) is 74.3 Å². The van der Waals surface area contributed by atoms with Crippen molar-refractivity contribution < 1.29 is 18.0 Å². The summed E-state index contributed by atoms with van der Waals surface area (Å²) >= 11 is 0. The number of rotatable bonds is 4. The highest BCUT2D eigenvalue weighted by Crippen LogP contribution is 2.37. The van der Waals surface area contributed by atoms with Gasteiger partial charge in [0.1, 0.15) is 5.82 Å². The standard InChI is InChI=1S/C30H30F3N5O/c1-18-4-6-22(11-21(18)7-5-20-10-19(2)28(34)35-14-20)29(39)36-24-9-8-23(27(12-24)30(31,32)33)15-38-17-25-13-26(38)16-37(25)3/h4,6,8-12,14,25-26H,13,15-17H2,1-3H3,(H2,34,35)(H,36,39)/t25-,26?/m0/s1. The molecule has 9 heteroatoms. The lowest BCUT2D eigenvalue weighted by Crippen LogP contribution is -2.44. The first-order valence-corrected chi connectivity index (χ1v) is 12.8. The first kappa shape index (κ1) is 26.7. The Balaban J connectivity index is 1.34. The maximum Gasteiger partial charge on any atom is 0.416 e. The number of halogens is 3. The molecule has 1 unspecified atom stereocenters. The summed E-state index contributed by atoms with van der Waals surface area (Å²) in [6.07, 6.45) is -1.96. The van der Waals surface area contributed by atoms with Crippen LogP contribution in [-0.4, -0.2) is 52.9 Å². The van der Waals surface area contributed by atoms with E-state index >= 15 is 0 Å². The first-order chi connectivity index (χ1) is 18.5. The number of hydrogen-bond donors (Lipinski definition) is 2. The summed E-state index contributed by atoms with van der Waals surface area (Å²) in [5.74, 6) is 6.01. The van der Waals surface area contributed by atoms with E-state index in [0.29, 0.717) is 28.6 Å². The Morgan fingerprint density at radius 1 is 1.08 bits per heavy atom. The molecule has 2 fully saturated rings. The van der Waals surface area contributed by atoms with E-state index in [2.05, 4.69) is 39.0 Å². The minimum Gasteiger partial charge on any atom is -0.383 e. The fourth-order valence-corrected chi connectivity index (χ4v) is 5.31. The normalized spacial score (nSPS) is 19.1. The van der Waals surface area contributed by atoms with Crippen LogP contribution in [0.5, 0.6) is 0 Å². The quantitative estimate of drug-likeness (QED) is 0.470. The highest BCUT2D eigenvalue weighted by molar-refractivity contribution is 6.04. The second kappa shape index (κ2) is 10.4. The molecule has 2 aliphatic heterocycles. The lowest BCUT2D eigenvalue weighted by atomic mass is 10.0. The van der Waals surface area contributed by atoms with Crippen molar-refractivity contribution in [2.24, 2.45) is 0 Å². The molecule has 2 saturated heterocycles. The Morgan fingerprint density at radius 3 is 2.54 bits per heavy atom. The van der Waals surface area contributed by atoms with Crippen molar-refractivity contribution in [2.75, 3.05) is 31.2 Å². The third kappa shape index (κ3) is 5.77. The number of alkyl halides is 3. The van der Waals surface area contributed by atoms with Gasteiger partial charge in [-0.25, -0.2) is 4.98 Å². The number of likely N-dealkylation sites (N-methyl/N-ethyl adjacent to an activating group) is 1. The van der Waals surface area contributed by atoms with Crippen molar-refractivity contribution in [1.82, 2.24) is 14.8 Å². The summed E-state index contributed by atoms with van der Waals surface area (Å²) in [6.45, 7) is 5.59. The number of nitrogens with zero attached hydrogens (tertiary/aromatic N) is 3. The van der Waals surface area contributed by atoms with Gasteiger partial charge in [0.2, 0.25) is 0 Å². The van der Waals surface area contributed by atoms with E-state index in [4.69, 9.17) is 5.73 Å². The zero-order valence-electron chi connectivity index (χ0n) is 22.1. The largest absolute Gasteiger partial charge is 0.416 e. The van der Waals surface area contributed by atoms with E-state index in [9.17, 15) is 18.0 Å². The van der Waals surface area contributed by atoms with Gasteiger partial charge in [-0.2, -0.15) is 13.2 Å². The van der Waals surface area contributed by atoms with Crippen molar-refractivity contribution in [3.63, 3.8) is 0 Å². The zero-order valence-corrected chi connectivity index (χ0v) is 22.1. The van der Waals surface area contributed by atoms with Crippen molar-refractivity contribution in [3.8, 4) is 11.8 Å².